The molecule has 0 spiro atoms. The summed E-state index contributed by atoms with van der Waals surface area (Å²) in [5.74, 6) is 0.395. The van der Waals surface area contributed by atoms with Gasteiger partial charge in [0.05, 0.1) is 11.0 Å². The van der Waals surface area contributed by atoms with E-state index < -0.39 is 0 Å². The Hall–Kier alpha value is -2.67. The van der Waals surface area contributed by atoms with E-state index in [2.05, 4.69) is 20.2 Å². The number of fused-ring (bicyclic) bond motifs is 2. The van der Waals surface area contributed by atoms with Gasteiger partial charge in [0.25, 0.3) is 0 Å². The fourth-order valence-electron chi connectivity index (χ4n) is 2.05. The Morgan fingerprint density at radius 1 is 0.905 bits per heavy atom. The Kier molecular flexibility index (Phi) is 2.71. The van der Waals surface area contributed by atoms with Crippen LogP contribution < -0.4 is 5.73 Å². The van der Waals surface area contributed by atoms with E-state index in [1.807, 2.05) is 53.1 Å². The van der Waals surface area contributed by atoms with Crippen molar-refractivity contribution in [3.05, 3.63) is 48.7 Å². The monoisotopic (exact) mass is 294 g/mol. The summed E-state index contributed by atoms with van der Waals surface area (Å²) in [7, 11) is 0. The molecule has 4 aromatic rings. The Labute approximate surface area is 124 Å². The molecule has 1 aromatic carbocycles. The number of nitrogens with two attached hydrogens (primary N) is 1. The van der Waals surface area contributed by atoms with Crippen molar-refractivity contribution in [1.82, 2.24) is 24.6 Å². The minimum Gasteiger partial charge on any atom is -0.381 e. The number of para-hydroxylation sites is 2. The first-order chi connectivity index (χ1) is 10.3. The zero-order valence-electron chi connectivity index (χ0n) is 10.8. The maximum Gasteiger partial charge on any atom is 0.202 e. The molecule has 21 heavy (non-hydrogen) atoms. The van der Waals surface area contributed by atoms with Crippen LogP contribution in [0.1, 0.15) is 0 Å². The Bertz CT molecular complexity index is 948. The molecular weight excluding hydrogens is 284 g/mol. The quantitative estimate of drug-likeness (QED) is 0.611. The first-order valence-corrected chi connectivity index (χ1v) is 7.13. The van der Waals surface area contributed by atoms with Crippen LogP contribution in [0.15, 0.2) is 58.8 Å². The third kappa shape index (κ3) is 2.07. The normalized spacial score (nSPS) is 11.2. The van der Waals surface area contributed by atoms with Crippen LogP contribution in [0.25, 0.3) is 16.7 Å². The van der Waals surface area contributed by atoms with Gasteiger partial charge in [0, 0.05) is 6.20 Å². The summed E-state index contributed by atoms with van der Waals surface area (Å²) in [5.41, 5.74) is 8.37. The van der Waals surface area contributed by atoms with Crippen molar-refractivity contribution >= 4 is 34.3 Å². The fourth-order valence-corrected chi connectivity index (χ4v) is 2.85. The van der Waals surface area contributed by atoms with E-state index in [4.69, 9.17) is 5.73 Å². The van der Waals surface area contributed by atoms with Crippen LogP contribution in [0.5, 0.6) is 0 Å². The average molecular weight is 294 g/mol. The lowest BCUT2D eigenvalue weighted by atomic mass is 10.3. The third-order valence-corrected chi connectivity index (χ3v) is 3.99. The number of rotatable bonds is 2. The molecule has 0 fully saturated rings. The highest BCUT2D eigenvalue weighted by atomic mass is 32.2. The van der Waals surface area contributed by atoms with E-state index in [9.17, 15) is 0 Å². The van der Waals surface area contributed by atoms with Gasteiger partial charge in [0.1, 0.15) is 5.03 Å². The average Bonchev–Trinajstić information content (AvgIpc) is 2.91. The van der Waals surface area contributed by atoms with E-state index in [0.29, 0.717) is 16.0 Å². The van der Waals surface area contributed by atoms with Gasteiger partial charge in [-0.3, -0.25) is 4.40 Å². The van der Waals surface area contributed by atoms with Gasteiger partial charge < -0.3 is 5.73 Å². The molecule has 0 amide bonds. The van der Waals surface area contributed by atoms with E-state index in [1.165, 1.54) is 11.8 Å². The minimum atomic E-state index is 0.395. The molecule has 0 aliphatic heterocycles. The minimum absolute atomic E-state index is 0.395. The van der Waals surface area contributed by atoms with Crippen molar-refractivity contribution in [2.75, 3.05) is 5.73 Å². The summed E-state index contributed by atoms with van der Waals surface area (Å²) in [6.07, 6.45) is 1.91. The number of pyridine rings is 1. The van der Waals surface area contributed by atoms with Gasteiger partial charge in [-0.2, -0.15) is 0 Å². The summed E-state index contributed by atoms with van der Waals surface area (Å²) in [4.78, 5) is 8.92. The van der Waals surface area contributed by atoms with Gasteiger partial charge in [-0.1, -0.05) is 18.2 Å². The predicted molar refractivity (Wildman–Crippen MR) is 81.1 cm³/mol. The van der Waals surface area contributed by atoms with Gasteiger partial charge in [-0.05, 0) is 36.0 Å². The molecule has 0 aliphatic rings. The van der Waals surface area contributed by atoms with Crippen molar-refractivity contribution in [3.8, 4) is 0 Å². The van der Waals surface area contributed by atoms with Crippen LogP contribution in [0.4, 0.5) is 5.82 Å². The highest BCUT2D eigenvalue weighted by Gasteiger charge is 2.12. The molecule has 4 rings (SSSR count). The topological polar surface area (TPSA) is 82.0 Å². The number of hydrogen-bond acceptors (Lipinski definition) is 6. The van der Waals surface area contributed by atoms with Crippen LogP contribution in [-0.4, -0.2) is 24.6 Å². The van der Waals surface area contributed by atoms with Crippen LogP contribution in [-0.2, 0) is 0 Å². The van der Waals surface area contributed by atoms with Crippen LogP contribution in [0.3, 0.4) is 0 Å². The highest BCUT2D eigenvalue weighted by molar-refractivity contribution is 7.99. The van der Waals surface area contributed by atoms with Crippen molar-refractivity contribution in [1.29, 1.82) is 0 Å². The molecule has 0 aliphatic carbocycles. The molecule has 0 saturated heterocycles. The summed E-state index contributed by atoms with van der Waals surface area (Å²) in [6, 6.07) is 13.4. The zero-order chi connectivity index (χ0) is 14.2. The van der Waals surface area contributed by atoms with Crippen LogP contribution >= 0.6 is 11.8 Å². The van der Waals surface area contributed by atoms with E-state index in [0.717, 1.165) is 16.7 Å². The summed E-state index contributed by atoms with van der Waals surface area (Å²) in [6.45, 7) is 0. The largest absolute Gasteiger partial charge is 0.381 e. The lowest BCUT2D eigenvalue weighted by Crippen LogP contribution is -1.98. The van der Waals surface area contributed by atoms with Crippen molar-refractivity contribution in [3.63, 3.8) is 0 Å². The Morgan fingerprint density at radius 3 is 2.52 bits per heavy atom. The highest BCUT2D eigenvalue weighted by Crippen LogP contribution is 2.29. The van der Waals surface area contributed by atoms with E-state index in [1.54, 1.807) is 0 Å². The molecule has 2 N–H and O–H groups in total. The molecule has 7 heteroatoms. The lowest BCUT2D eigenvalue weighted by Gasteiger charge is -2.04. The van der Waals surface area contributed by atoms with Gasteiger partial charge in [-0.15, -0.1) is 10.2 Å². The second-order valence-corrected chi connectivity index (χ2v) is 5.37. The molecule has 3 heterocycles. The summed E-state index contributed by atoms with van der Waals surface area (Å²) in [5, 5.41) is 9.62. The maximum atomic E-state index is 6.00. The number of benzene rings is 1. The molecule has 0 radical (unpaired) electrons. The molecule has 0 bridgehead atoms. The second-order valence-electron chi connectivity index (χ2n) is 4.42. The smallest absolute Gasteiger partial charge is 0.202 e. The van der Waals surface area contributed by atoms with Gasteiger partial charge in [0.2, 0.25) is 5.16 Å². The molecular formula is C14H10N6S. The molecule has 6 nitrogen and oxygen atoms in total. The van der Waals surface area contributed by atoms with Gasteiger partial charge in [0.15, 0.2) is 11.5 Å². The summed E-state index contributed by atoms with van der Waals surface area (Å²) >= 11 is 1.36. The number of aromatic nitrogens is 5. The zero-order valence-corrected chi connectivity index (χ0v) is 11.7. The van der Waals surface area contributed by atoms with E-state index in [-0.39, 0.29) is 0 Å². The first-order valence-electron chi connectivity index (χ1n) is 6.31. The number of anilines is 1. The number of nitrogen functional groups attached to an aromatic ring is 1. The standard InChI is InChI=1S/C14H10N6S/c15-12-13(17-10-6-2-1-5-9(10)16-12)21-14-19-18-11-7-3-4-8-20(11)14/h1-8H,(H2,15,16). The van der Waals surface area contributed by atoms with Crippen LogP contribution in [0, 0.1) is 0 Å². The lowest BCUT2D eigenvalue weighted by molar-refractivity contribution is 0.917. The SMILES string of the molecule is Nc1nc2ccccc2nc1Sc1nnc2ccccn12. The Morgan fingerprint density at radius 2 is 1.67 bits per heavy atom. The van der Waals surface area contributed by atoms with Crippen molar-refractivity contribution < 1.29 is 0 Å². The number of hydrogen-bond donors (Lipinski definition) is 1. The van der Waals surface area contributed by atoms with Crippen molar-refractivity contribution in [2.24, 2.45) is 0 Å². The van der Waals surface area contributed by atoms with E-state index >= 15 is 0 Å². The number of nitrogens with zero attached hydrogens (tertiary/aromatic N) is 5. The molecule has 3 aromatic heterocycles. The third-order valence-electron chi connectivity index (χ3n) is 3.03. The molecule has 0 saturated carbocycles. The molecule has 0 unspecified atom stereocenters. The van der Waals surface area contributed by atoms with Gasteiger partial charge in [-0.25, -0.2) is 9.97 Å². The Balaban J connectivity index is 1.82. The molecule has 0 atom stereocenters. The predicted octanol–water partition coefficient (Wildman–Crippen LogP) is 2.41. The van der Waals surface area contributed by atoms with Crippen molar-refractivity contribution in [2.45, 2.75) is 10.2 Å². The molecule has 102 valence electrons. The fraction of sp³-hybridized carbons (Fsp3) is 0. The summed E-state index contributed by atoms with van der Waals surface area (Å²) < 4.78 is 1.89. The first kappa shape index (κ1) is 12.1. The van der Waals surface area contributed by atoms with Gasteiger partial charge >= 0.3 is 0 Å². The second kappa shape index (κ2) is 4.71. The van der Waals surface area contributed by atoms with Crippen LogP contribution in [0.2, 0.25) is 0 Å². The maximum absolute atomic E-state index is 6.00.